The second-order valence-corrected chi connectivity index (χ2v) is 8.25. The van der Waals surface area contributed by atoms with E-state index in [9.17, 15) is 8.42 Å². The van der Waals surface area contributed by atoms with Crippen LogP contribution in [0.2, 0.25) is 0 Å². The maximum absolute atomic E-state index is 12.2. The largest absolute Gasteiger partial charge is 0.326 e. The quantitative estimate of drug-likeness (QED) is 0.847. The van der Waals surface area contributed by atoms with Crippen LogP contribution < -0.4 is 10.5 Å². The summed E-state index contributed by atoms with van der Waals surface area (Å²) in [4.78, 5) is 2.12. The molecule has 3 N–H and O–H groups in total. The van der Waals surface area contributed by atoms with Gasteiger partial charge in [-0.05, 0) is 25.3 Å². The van der Waals surface area contributed by atoms with Crippen LogP contribution in [0.15, 0.2) is 11.0 Å². The number of aryl methyl sites for hydroxylation is 1. The lowest BCUT2D eigenvalue weighted by Gasteiger charge is -2.10. The van der Waals surface area contributed by atoms with Gasteiger partial charge in [-0.2, -0.15) is 0 Å². The Morgan fingerprint density at radius 2 is 2.11 bits per heavy atom. The lowest BCUT2D eigenvalue weighted by atomic mass is 10.1. The Balaban J connectivity index is 1.95. The summed E-state index contributed by atoms with van der Waals surface area (Å²) in [5.41, 5.74) is 5.55. The molecule has 6 heteroatoms. The summed E-state index contributed by atoms with van der Waals surface area (Å²) in [6.07, 6.45) is 6.03. The molecule has 1 fully saturated rings. The summed E-state index contributed by atoms with van der Waals surface area (Å²) in [5, 5.41) is 0. The van der Waals surface area contributed by atoms with E-state index in [4.69, 9.17) is 5.73 Å². The van der Waals surface area contributed by atoms with Gasteiger partial charge in [-0.3, -0.25) is 0 Å². The molecule has 0 atom stereocenters. The summed E-state index contributed by atoms with van der Waals surface area (Å²) >= 11 is 1.46. The van der Waals surface area contributed by atoms with Crippen LogP contribution in [0.3, 0.4) is 0 Å². The number of rotatable bonds is 6. The van der Waals surface area contributed by atoms with Crippen molar-refractivity contribution in [2.75, 3.05) is 6.54 Å². The first-order chi connectivity index (χ1) is 9.03. The lowest BCUT2D eigenvalue weighted by Crippen LogP contribution is -2.26. The number of sulfonamides is 1. The van der Waals surface area contributed by atoms with E-state index in [0.29, 0.717) is 23.9 Å². The maximum Gasteiger partial charge on any atom is 0.241 e. The molecule has 19 heavy (non-hydrogen) atoms. The fourth-order valence-corrected chi connectivity index (χ4v) is 5.23. The molecule has 1 aromatic rings. The van der Waals surface area contributed by atoms with Crippen molar-refractivity contribution in [3.63, 3.8) is 0 Å². The molecule has 1 aliphatic rings. The third kappa shape index (κ3) is 3.78. The highest BCUT2D eigenvalue weighted by Crippen LogP contribution is 2.28. The molecule has 108 valence electrons. The van der Waals surface area contributed by atoms with Crippen LogP contribution in [-0.2, 0) is 16.6 Å². The van der Waals surface area contributed by atoms with E-state index in [1.807, 2.05) is 6.92 Å². The molecule has 0 amide bonds. The third-order valence-electron chi connectivity index (χ3n) is 3.73. The highest BCUT2D eigenvalue weighted by atomic mass is 32.2. The molecule has 0 aromatic carbocycles. The molecule has 1 aliphatic carbocycles. The summed E-state index contributed by atoms with van der Waals surface area (Å²) in [6, 6.07) is 1.69. The minimum Gasteiger partial charge on any atom is -0.326 e. The highest BCUT2D eigenvalue weighted by molar-refractivity contribution is 7.89. The summed E-state index contributed by atoms with van der Waals surface area (Å²) < 4.78 is 27.1. The van der Waals surface area contributed by atoms with Gasteiger partial charge < -0.3 is 5.73 Å². The number of nitrogens with one attached hydrogen (secondary N) is 1. The van der Waals surface area contributed by atoms with Crippen molar-refractivity contribution in [3.8, 4) is 0 Å². The Kier molecular flexibility index (Phi) is 5.00. The Bertz CT molecular complexity index is 517. The second kappa shape index (κ2) is 6.35. The lowest BCUT2D eigenvalue weighted by molar-refractivity contribution is 0.495. The van der Waals surface area contributed by atoms with Gasteiger partial charge >= 0.3 is 0 Å². The monoisotopic (exact) mass is 302 g/mol. The molecule has 0 aliphatic heterocycles. The van der Waals surface area contributed by atoms with Crippen LogP contribution in [0.5, 0.6) is 0 Å². The van der Waals surface area contributed by atoms with Crippen LogP contribution >= 0.6 is 11.3 Å². The molecule has 0 unspecified atom stereocenters. The highest BCUT2D eigenvalue weighted by Gasteiger charge is 2.20. The minimum atomic E-state index is -3.37. The van der Waals surface area contributed by atoms with Gasteiger partial charge in [-0.15, -0.1) is 11.3 Å². The summed E-state index contributed by atoms with van der Waals surface area (Å²) in [7, 11) is -3.37. The van der Waals surface area contributed by atoms with Crippen molar-refractivity contribution < 1.29 is 8.42 Å². The van der Waals surface area contributed by atoms with Crippen molar-refractivity contribution in [2.24, 2.45) is 11.7 Å². The first kappa shape index (κ1) is 15.0. The average Bonchev–Trinajstić information content (AvgIpc) is 2.98. The van der Waals surface area contributed by atoms with E-state index in [2.05, 4.69) is 4.72 Å². The van der Waals surface area contributed by atoms with Gasteiger partial charge in [0, 0.05) is 22.8 Å². The van der Waals surface area contributed by atoms with Crippen molar-refractivity contribution in [1.82, 2.24) is 4.72 Å². The van der Waals surface area contributed by atoms with Gasteiger partial charge in [0.1, 0.15) is 0 Å². The Morgan fingerprint density at radius 1 is 1.42 bits per heavy atom. The maximum atomic E-state index is 12.2. The predicted molar refractivity (Wildman–Crippen MR) is 78.7 cm³/mol. The molecule has 1 aromatic heterocycles. The van der Waals surface area contributed by atoms with E-state index >= 15 is 0 Å². The van der Waals surface area contributed by atoms with Crippen LogP contribution in [-0.4, -0.2) is 15.0 Å². The normalized spacial score (nSPS) is 17.2. The third-order valence-corrected chi connectivity index (χ3v) is 6.52. The van der Waals surface area contributed by atoms with E-state index in [0.717, 1.165) is 16.2 Å². The molecule has 0 spiro atoms. The van der Waals surface area contributed by atoms with Crippen molar-refractivity contribution in [1.29, 1.82) is 0 Å². The zero-order valence-electron chi connectivity index (χ0n) is 11.3. The zero-order valence-corrected chi connectivity index (χ0v) is 12.9. The van der Waals surface area contributed by atoms with E-state index in [1.54, 1.807) is 6.07 Å². The molecule has 0 bridgehead atoms. The van der Waals surface area contributed by atoms with E-state index in [-0.39, 0.29) is 0 Å². The van der Waals surface area contributed by atoms with E-state index < -0.39 is 10.0 Å². The molecule has 0 radical (unpaired) electrons. The van der Waals surface area contributed by atoms with Gasteiger partial charge in [-0.25, -0.2) is 13.1 Å². The molecule has 2 rings (SSSR count). The number of hydrogen-bond acceptors (Lipinski definition) is 4. The molecular weight excluding hydrogens is 280 g/mol. The van der Waals surface area contributed by atoms with Crippen LogP contribution in [0.4, 0.5) is 0 Å². The molecule has 0 saturated heterocycles. The average molecular weight is 302 g/mol. The van der Waals surface area contributed by atoms with Crippen molar-refractivity contribution >= 4 is 21.4 Å². The molecule has 4 nitrogen and oxygen atoms in total. The first-order valence-corrected chi connectivity index (χ1v) is 9.12. The Labute approximate surface area is 119 Å². The van der Waals surface area contributed by atoms with Gasteiger partial charge in [0.2, 0.25) is 10.0 Å². The van der Waals surface area contributed by atoms with Crippen molar-refractivity contribution in [3.05, 3.63) is 15.8 Å². The smallest absolute Gasteiger partial charge is 0.241 e. The fourth-order valence-electron chi connectivity index (χ4n) is 2.67. The molecule has 1 heterocycles. The van der Waals surface area contributed by atoms with Gasteiger partial charge in [0.25, 0.3) is 0 Å². The Hall–Kier alpha value is -0.430. The fraction of sp³-hybridized carbons (Fsp3) is 0.692. The Morgan fingerprint density at radius 3 is 2.68 bits per heavy atom. The SMILES string of the molecule is Cc1sc(CN)cc1S(=O)(=O)NCCC1CCCC1. The van der Waals surface area contributed by atoms with Crippen molar-refractivity contribution in [2.45, 2.75) is 50.5 Å². The standard InChI is InChI=1S/C13H22N2O2S2/c1-10-13(8-12(9-14)18-10)19(16,17)15-7-6-11-4-2-3-5-11/h8,11,15H,2-7,9,14H2,1H3. The van der Waals surface area contributed by atoms with Crippen LogP contribution in [0.1, 0.15) is 41.9 Å². The van der Waals surface area contributed by atoms with Crippen LogP contribution in [0.25, 0.3) is 0 Å². The predicted octanol–water partition coefficient (Wildman–Crippen LogP) is 2.37. The van der Waals surface area contributed by atoms with Gasteiger partial charge in [0.05, 0.1) is 4.90 Å². The molecule has 1 saturated carbocycles. The molecular formula is C13H22N2O2S2. The zero-order chi connectivity index (χ0) is 13.9. The second-order valence-electron chi connectivity index (χ2n) is 5.17. The summed E-state index contributed by atoms with van der Waals surface area (Å²) in [5.74, 6) is 0.700. The van der Waals surface area contributed by atoms with Crippen LogP contribution in [0, 0.1) is 12.8 Å². The van der Waals surface area contributed by atoms with E-state index in [1.165, 1.54) is 37.0 Å². The van der Waals surface area contributed by atoms with Gasteiger partial charge in [0.15, 0.2) is 0 Å². The number of hydrogen-bond donors (Lipinski definition) is 2. The topological polar surface area (TPSA) is 72.2 Å². The minimum absolute atomic E-state index is 0.392. The first-order valence-electron chi connectivity index (χ1n) is 6.82. The van der Waals surface area contributed by atoms with Gasteiger partial charge in [-0.1, -0.05) is 25.7 Å². The number of nitrogens with two attached hydrogens (primary N) is 1. The summed E-state index contributed by atoms with van der Waals surface area (Å²) in [6.45, 7) is 2.76. The number of thiophene rings is 1.